The summed E-state index contributed by atoms with van der Waals surface area (Å²) in [5, 5.41) is 3.50. The van der Waals surface area contributed by atoms with Gasteiger partial charge >= 0.3 is 0 Å². The molecule has 116 valence electrons. The monoisotopic (exact) mass is 319 g/mol. The number of hydrogen-bond acceptors (Lipinski definition) is 3. The van der Waals surface area contributed by atoms with Gasteiger partial charge < -0.3 is 14.8 Å². The zero-order chi connectivity index (χ0) is 16.1. The van der Waals surface area contributed by atoms with Crippen LogP contribution in [0.2, 0.25) is 5.02 Å². The smallest absolute Gasteiger partial charge is 0.255 e. The molecule has 2 aromatic rings. The molecule has 22 heavy (non-hydrogen) atoms. The molecule has 2 rings (SSSR count). The van der Waals surface area contributed by atoms with E-state index >= 15 is 0 Å². The van der Waals surface area contributed by atoms with Gasteiger partial charge in [-0.25, -0.2) is 0 Å². The Morgan fingerprint density at radius 1 is 1.18 bits per heavy atom. The van der Waals surface area contributed by atoms with Gasteiger partial charge in [0.1, 0.15) is 0 Å². The number of rotatable bonds is 5. The van der Waals surface area contributed by atoms with Gasteiger partial charge in [0.15, 0.2) is 11.5 Å². The fourth-order valence-corrected chi connectivity index (χ4v) is 2.27. The largest absolute Gasteiger partial charge is 0.493 e. The summed E-state index contributed by atoms with van der Waals surface area (Å²) in [6, 6.07) is 10.4. The van der Waals surface area contributed by atoms with Gasteiger partial charge in [0.2, 0.25) is 0 Å². The Hall–Kier alpha value is -2.20. The molecule has 0 saturated heterocycles. The predicted octanol–water partition coefficient (Wildman–Crippen LogP) is 4.31. The number of carbonyl (C=O) groups is 1. The Bertz CT molecular complexity index is 686. The molecule has 4 nitrogen and oxygen atoms in total. The van der Waals surface area contributed by atoms with Gasteiger partial charge in [-0.2, -0.15) is 0 Å². The SMILES string of the molecule is CCOc1ccc(C(=O)Nc2ccc(Cl)cc2C)cc1OC. The summed E-state index contributed by atoms with van der Waals surface area (Å²) >= 11 is 5.91. The maximum absolute atomic E-state index is 12.3. The van der Waals surface area contributed by atoms with Crippen molar-refractivity contribution in [3.05, 3.63) is 52.5 Å². The molecule has 0 aliphatic carbocycles. The number of benzene rings is 2. The zero-order valence-electron chi connectivity index (χ0n) is 12.8. The highest BCUT2D eigenvalue weighted by Gasteiger charge is 2.12. The van der Waals surface area contributed by atoms with E-state index in [2.05, 4.69) is 5.32 Å². The number of carbonyl (C=O) groups excluding carboxylic acids is 1. The van der Waals surface area contributed by atoms with Gasteiger partial charge in [-0.05, 0) is 55.8 Å². The third-order valence-corrected chi connectivity index (χ3v) is 3.40. The summed E-state index contributed by atoms with van der Waals surface area (Å²) in [5.74, 6) is 0.929. The van der Waals surface area contributed by atoms with Crippen LogP contribution in [0.1, 0.15) is 22.8 Å². The van der Waals surface area contributed by atoms with E-state index in [1.54, 1.807) is 43.5 Å². The Balaban J connectivity index is 2.22. The fraction of sp³-hybridized carbons (Fsp3) is 0.235. The number of anilines is 1. The number of methoxy groups -OCH3 is 1. The summed E-state index contributed by atoms with van der Waals surface area (Å²) < 4.78 is 10.7. The summed E-state index contributed by atoms with van der Waals surface area (Å²) in [4.78, 5) is 12.3. The molecule has 0 saturated carbocycles. The first-order valence-electron chi connectivity index (χ1n) is 6.93. The van der Waals surface area contributed by atoms with Crippen molar-refractivity contribution in [2.75, 3.05) is 19.0 Å². The summed E-state index contributed by atoms with van der Waals surface area (Å²) in [7, 11) is 1.54. The van der Waals surface area contributed by atoms with Gasteiger partial charge in [-0.15, -0.1) is 0 Å². The number of ether oxygens (including phenoxy) is 2. The number of aryl methyl sites for hydroxylation is 1. The van der Waals surface area contributed by atoms with Crippen LogP contribution in [0.3, 0.4) is 0 Å². The number of hydrogen-bond donors (Lipinski definition) is 1. The van der Waals surface area contributed by atoms with Crippen LogP contribution in [0.5, 0.6) is 11.5 Å². The van der Waals surface area contributed by atoms with Crippen molar-refractivity contribution < 1.29 is 14.3 Å². The lowest BCUT2D eigenvalue weighted by molar-refractivity contribution is 0.102. The lowest BCUT2D eigenvalue weighted by Crippen LogP contribution is -2.13. The van der Waals surface area contributed by atoms with E-state index in [0.717, 1.165) is 11.3 Å². The molecule has 0 aliphatic rings. The summed E-state index contributed by atoms with van der Waals surface area (Å²) in [5.41, 5.74) is 2.12. The molecule has 0 bridgehead atoms. The van der Waals surface area contributed by atoms with Crippen LogP contribution in [-0.4, -0.2) is 19.6 Å². The van der Waals surface area contributed by atoms with Crippen molar-refractivity contribution >= 4 is 23.2 Å². The van der Waals surface area contributed by atoms with Crippen LogP contribution in [-0.2, 0) is 0 Å². The first kappa shape index (κ1) is 16.2. The molecule has 1 N–H and O–H groups in total. The highest BCUT2D eigenvalue weighted by atomic mass is 35.5. The topological polar surface area (TPSA) is 47.6 Å². The number of nitrogens with one attached hydrogen (secondary N) is 1. The Kier molecular flexibility index (Phi) is 5.28. The van der Waals surface area contributed by atoms with Crippen LogP contribution in [0.25, 0.3) is 0 Å². The van der Waals surface area contributed by atoms with Gasteiger partial charge in [0, 0.05) is 16.3 Å². The third-order valence-electron chi connectivity index (χ3n) is 3.16. The Labute approximate surface area is 135 Å². The van der Waals surface area contributed by atoms with E-state index in [4.69, 9.17) is 21.1 Å². The number of halogens is 1. The second-order valence-electron chi connectivity index (χ2n) is 4.71. The average Bonchev–Trinajstić information content (AvgIpc) is 2.50. The minimum absolute atomic E-state index is 0.216. The lowest BCUT2D eigenvalue weighted by Gasteiger charge is -2.12. The number of amides is 1. The van der Waals surface area contributed by atoms with Crippen molar-refractivity contribution in [3.63, 3.8) is 0 Å². The third kappa shape index (κ3) is 3.71. The molecule has 0 radical (unpaired) electrons. The Morgan fingerprint density at radius 3 is 2.59 bits per heavy atom. The molecule has 0 fully saturated rings. The molecular formula is C17H18ClNO3. The quantitative estimate of drug-likeness (QED) is 0.893. The summed E-state index contributed by atoms with van der Waals surface area (Å²) in [6.45, 7) is 4.31. The van der Waals surface area contributed by atoms with Crippen molar-refractivity contribution in [1.29, 1.82) is 0 Å². The molecular weight excluding hydrogens is 302 g/mol. The van der Waals surface area contributed by atoms with E-state index in [0.29, 0.717) is 28.7 Å². The maximum atomic E-state index is 12.3. The van der Waals surface area contributed by atoms with Gasteiger partial charge in [-0.1, -0.05) is 11.6 Å². The predicted molar refractivity (Wildman–Crippen MR) is 88.3 cm³/mol. The molecule has 0 spiro atoms. The first-order chi connectivity index (χ1) is 10.5. The van der Waals surface area contributed by atoms with E-state index in [9.17, 15) is 4.79 Å². The molecule has 2 aromatic carbocycles. The zero-order valence-corrected chi connectivity index (χ0v) is 13.5. The normalized spacial score (nSPS) is 10.2. The summed E-state index contributed by atoms with van der Waals surface area (Å²) in [6.07, 6.45) is 0. The molecule has 0 aliphatic heterocycles. The molecule has 5 heteroatoms. The van der Waals surface area contributed by atoms with Crippen LogP contribution in [0.4, 0.5) is 5.69 Å². The standard InChI is InChI=1S/C17H18ClNO3/c1-4-22-15-8-5-12(10-16(15)21-3)17(20)19-14-7-6-13(18)9-11(14)2/h5-10H,4H2,1-3H3,(H,19,20). The minimum atomic E-state index is -0.216. The maximum Gasteiger partial charge on any atom is 0.255 e. The van der Waals surface area contributed by atoms with Crippen LogP contribution >= 0.6 is 11.6 Å². The second kappa shape index (κ2) is 7.18. The van der Waals surface area contributed by atoms with Gasteiger partial charge in [0.05, 0.1) is 13.7 Å². The molecule has 0 heterocycles. The van der Waals surface area contributed by atoms with Crippen LogP contribution in [0.15, 0.2) is 36.4 Å². The first-order valence-corrected chi connectivity index (χ1v) is 7.31. The average molecular weight is 320 g/mol. The highest BCUT2D eigenvalue weighted by molar-refractivity contribution is 6.30. The van der Waals surface area contributed by atoms with Crippen LogP contribution < -0.4 is 14.8 Å². The molecule has 0 atom stereocenters. The van der Waals surface area contributed by atoms with Gasteiger partial charge in [0.25, 0.3) is 5.91 Å². The van der Waals surface area contributed by atoms with Gasteiger partial charge in [-0.3, -0.25) is 4.79 Å². The Morgan fingerprint density at radius 2 is 1.95 bits per heavy atom. The van der Waals surface area contributed by atoms with Crippen molar-refractivity contribution in [2.45, 2.75) is 13.8 Å². The highest BCUT2D eigenvalue weighted by Crippen LogP contribution is 2.28. The van der Waals surface area contributed by atoms with E-state index in [-0.39, 0.29) is 5.91 Å². The van der Waals surface area contributed by atoms with Crippen molar-refractivity contribution in [1.82, 2.24) is 0 Å². The van der Waals surface area contributed by atoms with Crippen molar-refractivity contribution in [2.24, 2.45) is 0 Å². The van der Waals surface area contributed by atoms with Crippen molar-refractivity contribution in [3.8, 4) is 11.5 Å². The fourth-order valence-electron chi connectivity index (χ4n) is 2.05. The second-order valence-corrected chi connectivity index (χ2v) is 5.15. The lowest BCUT2D eigenvalue weighted by atomic mass is 10.1. The minimum Gasteiger partial charge on any atom is -0.493 e. The molecule has 1 amide bonds. The molecule has 0 unspecified atom stereocenters. The van der Waals surface area contributed by atoms with E-state index in [1.807, 2.05) is 13.8 Å². The van der Waals surface area contributed by atoms with Crippen LogP contribution in [0, 0.1) is 6.92 Å². The molecule has 0 aromatic heterocycles. The van der Waals surface area contributed by atoms with E-state index < -0.39 is 0 Å². The van der Waals surface area contributed by atoms with E-state index in [1.165, 1.54) is 0 Å².